The van der Waals surface area contributed by atoms with Gasteiger partial charge in [-0.2, -0.15) is 0 Å². The minimum absolute atomic E-state index is 0.0638. The number of nitrogens with zero attached hydrogens (tertiary/aromatic N) is 2. The Morgan fingerprint density at radius 2 is 1.84 bits per heavy atom. The highest BCUT2D eigenvalue weighted by Crippen LogP contribution is 2.53. The number of thioether (sulfide) groups is 1. The molecule has 5 nitrogen and oxygen atoms in total. The smallest absolute Gasteiger partial charge is 0.310 e. The first-order valence-corrected chi connectivity index (χ1v) is 12.2. The first kappa shape index (κ1) is 21.1. The van der Waals surface area contributed by atoms with Crippen molar-refractivity contribution in [2.45, 2.75) is 67.8 Å². The van der Waals surface area contributed by atoms with Crippen LogP contribution in [0.25, 0.3) is 5.70 Å². The Kier molecular flexibility index (Phi) is 5.28. The summed E-state index contributed by atoms with van der Waals surface area (Å²) >= 11 is 1.66. The summed E-state index contributed by atoms with van der Waals surface area (Å²) in [5.41, 5.74) is 3.39. The van der Waals surface area contributed by atoms with Crippen molar-refractivity contribution in [2.75, 3.05) is 4.90 Å². The van der Waals surface area contributed by atoms with E-state index in [0.29, 0.717) is 0 Å². The van der Waals surface area contributed by atoms with Gasteiger partial charge in [0.15, 0.2) is 5.50 Å². The van der Waals surface area contributed by atoms with Crippen molar-refractivity contribution in [3.8, 4) is 0 Å². The first-order valence-electron chi connectivity index (χ1n) is 11.3. The number of carbonyl (C=O) groups excluding carboxylic acids is 1. The Balaban J connectivity index is 1.62. The lowest BCUT2D eigenvalue weighted by Crippen LogP contribution is -2.60. The highest BCUT2D eigenvalue weighted by Gasteiger charge is 2.49. The summed E-state index contributed by atoms with van der Waals surface area (Å²) in [6.45, 7) is 3.94. The van der Waals surface area contributed by atoms with Crippen LogP contribution in [-0.2, 0) is 9.59 Å². The second-order valence-corrected chi connectivity index (χ2v) is 10.4. The van der Waals surface area contributed by atoms with Crippen molar-refractivity contribution < 1.29 is 14.7 Å². The van der Waals surface area contributed by atoms with Crippen molar-refractivity contribution in [1.29, 1.82) is 0 Å². The van der Waals surface area contributed by atoms with E-state index in [1.165, 1.54) is 6.42 Å². The quantitative estimate of drug-likeness (QED) is 0.652. The van der Waals surface area contributed by atoms with Crippen LogP contribution in [0.2, 0.25) is 0 Å². The van der Waals surface area contributed by atoms with Crippen molar-refractivity contribution in [3.05, 3.63) is 65.7 Å². The lowest BCUT2D eigenvalue weighted by Gasteiger charge is -2.51. The third-order valence-corrected chi connectivity index (χ3v) is 8.34. The van der Waals surface area contributed by atoms with Crippen LogP contribution in [0.4, 0.5) is 5.69 Å². The zero-order valence-corrected chi connectivity index (χ0v) is 19.3. The fourth-order valence-corrected chi connectivity index (χ4v) is 6.74. The molecule has 6 heteroatoms. The molecule has 0 aromatic heterocycles. The monoisotopic (exact) mass is 448 g/mol. The normalized spacial score (nSPS) is 22.8. The number of carbonyl (C=O) groups is 2. The van der Waals surface area contributed by atoms with Gasteiger partial charge < -0.3 is 14.9 Å². The van der Waals surface area contributed by atoms with E-state index in [0.717, 1.165) is 53.1 Å². The molecular weight excluding hydrogens is 420 g/mol. The Morgan fingerprint density at radius 3 is 2.53 bits per heavy atom. The second-order valence-electron chi connectivity index (χ2n) is 9.26. The van der Waals surface area contributed by atoms with E-state index >= 15 is 0 Å². The van der Waals surface area contributed by atoms with Gasteiger partial charge in [0.2, 0.25) is 0 Å². The molecule has 0 saturated heterocycles. The van der Waals surface area contributed by atoms with Gasteiger partial charge in [-0.1, -0.05) is 67.4 Å². The van der Waals surface area contributed by atoms with Gasteiger partial charge in [-0.3, -0.25) is 9.59 Å². The Hall–Kier alpha value is -2.73. The van der Waals surface area contributed by atoms with Gasteiger partial charge in [-0.05, 0) is 49.9 Å². The SMILES string of the molecule is CC(C(=O)O)c1ccc2c(c1)SC1N2C(c2ccccc2)=CC(=O)N1C1(C)CCCCC1. The van der Waals surface area contributed by atoms with Crippen LogP contribution in [0.5, 0.6) is 0 Å². The van der Waals surface area contributed by atoms with Crippen LogP contribution in [0.3, 0.4) is 0 Å². The van der Waals surface area contributed by atoms with E-state index in [9.17, 15) is 14.7 Å². The maximum Gasteiger partial charge on any atom is 0.310 e. The summed E-state index contributed by atoms with van der Waals surface area (Å²) < 4.78 is 0. The molecule has 1 fully saturated rings. The molecule has 2 aliphatic heterocycles. The van der Waals surface area contributed by atoms with E-state index in [-0.39, 0.29) is 16.9 Å². The number of rotatable bonds is 4. The maximum absolute atomic E-state index is 13.6. The predicted octanol–water partition coefficient (Wildman–Crippen LogP) is 5.68. The van der Waals surface area contributed by atoms with Crippen LogP contribution < -0.4 is 4.90 Å². The molecular formula is C26H28N2O3S. The zero-order valence-electron chi connectivity index (χ0n) is 18.5. The molecule has 32 heavy (non-hydrogen) atoms. The van der Waals surface area contributed by atoms with Crippen molar-refractivity contribution in [1.82, 2.24) is 4.90 Å². The predicted molar refractivity (Wildman–Crippen MR) is 127 cm³/mol. The first-order chi connectivity index (χ1) is 15.4. The van der Waals surface area contributed by atoms with Crippen molar-refractivity contribution in [3.63, 3.8) is 0 Å². The van der Waals surface area contributed by atoms with Gasteiger partial charge in [-0.25, -0.2) is 0 Å². The summed E-state index contributed by atoms with van der Waals surface area (Å²) in [6, 6.07) is 16.0. The Bertz CT molecular complexity index is 1090. The number of fused-ring (bicyclic) bond motifs is 3. The number of hydrogen-bond donors (Lipinski definition) is 1. The number of amides is 1. The lowest BCUT2D eigenvalue weighted by molar-refractivity contribution is -0.138. The van der Waals surface area contributed by atoms with Crippen LogP contribution >= 0.6 is 11.8 Å². The molecule has 1 saturated carbocycles. The Labute approximate surface area is 193 Å². The maximum atomic E-state index is 13.6. The molecule has 0 bridgehead atoms. The molecule has 0 radical (unpaired) electrons. The van der Waals surface area contributed by atoms with E-state index in [2.05, 4.69) is 16.7 Å². The van der Waals surface area contributed by atoms with Crippen molar-refractivity contribution in [2.24, 2.45) is 0 Å². The molecule has 0 spiro atoms. The highest BCUT2D eigenvalue weighted by molar-refractivity contribution is 8.00. The molecule has 1 aliphatic carbocycles. The van der Waals surface area contributed by atoms with Crippen LogP contribution in [0.1, 0.15) is 63.0 Å². The molecule has 2 atom stereocenters. The molecule has 5 rings (SSSR count). The van der Waals surface area contributed by atoms with E-state index in [1.807, 2.05) is 48.5 Å². The number of anilines is 1. The van der Waals surface area contributed by atoms with Gasteiger partial charge in [0.25, 0.3) is 5.91 Å². The van der Waals surface area contributed by atoms with Gasteiger partial charge in [0, 0.05) is 16.5 Å². The summed E-state index contributed by atoms with van der Waals surface area (Å²) in [7, 11) is 0. The largest absolute Gasteiger partial charge is 0.481 e. The molecule has 2 unspecified atom stereocenters. The number of aliphatic carboxylic acids is 1. The third-order valence-electron chi connectivity index (χ3n) is 7.13. The summed E-state index contributed by atoms with van der Waals surface area (Å²) in [5.74, 6) is -1.34. The van der Waals surface area contributed by atoms with Gasteiger partial charge in [0.1, 0.15) is 0 Å². The van der Waals surface area contributed by atoms with Crippen LogP contribution in [0, 0.1) is 0 Å². The lowest BCUT2D eigenvalue weighted by atomic mass is 9.81. The number of benzene rings is 2. The van der Waals surface area contributed by atoms with Gasteiger partial charge >= 0.3 is 5.97 Å². The molecule has 3 aliphatic rings. The number of carboxylic acid groups (broad SMARTS) is 1. The fraction of sp³-hybridized carbons (Fsp3) is 0.385. The van der Waals surface area contributed by atoms with Gasteiger partial charge in [0.05, 0.1) is 17.3 Å². The van der Waals surface area contributed by atoms with Crippen LogP contribution in [-0.4, -0.2) is 32.9 Å². The average Bonchev–Trinajstić information content (AvgIpc) is 3.16. The molecule has 1 N–H and O–H groups in total. The Morgan fingerprint density at radius 1 is 1.12 bits per heavy atom. The molecule has 2 heterocycles. The number of carboxylic acids is 1. The molecule has 2 aromatic rings. The van der Waals surface area contributed by atoms with E-state index in [4.69, 9.17) is 0 Å². The van der Waals surface area contributed by atoms with Crippen molar-refractivity contribution >= 4 is 35.0 Å². The summed E-state index contributed by atoms with van der Waals surface area (Å²) in [6.07, 6.45) is 7.31. The standard InChI is InChI=1S/C26H28N2O3S/c1-17(24(30)31)19-11-12-20-22(15-19)32-25-27(20)21(18-9-5-3-6-10-18)16-23(29)28(25)26(2)13-7-4-8-14-26/h3,5-6,9-12,15-17,25H,4,7-8,13-14H2,1-2H3,(H,30,31). The fourth-order valence-electron chi connectivity index (χ4n) is 5.22. The van der Waals surface area contributed by atoms with Crippen LogP contribution in [0.15, 0.2) is 59.5 Å². The summed E-state index contributed by atoms with van der Waals surface area (Å²) in [5, 5.41) is 9.48. The highest BCUT2D eigenvalue weighted by atomic mass is 32.2. The van der Waals surface area contributed by atoms with Gasteiger partial charge in [-0.15, -0.1) is 0 Å². The van der Waals surface area contributed by atoms with E-state index in [1.54, 1.807) is 24.8 Å². The number of hydrogen-bond acceptors (Lipinski definition) is 4. The minimum Gasteiger partial charge on any atom is -0.481 e. The minimum atomic E-state index is -0.831. The molecule has 166 valence electrons. The summed E-state index contributed by atoms with van der Waals surface area (Å²) in [4.78, 5) is 30.5. The topological polar surface area (TPSA) is 60.9 Å². The zero-order chi connectivity index (χ0) is 22.5. The second kappa shape index (κ2) is 8.00. The van der Waals surface area contributed by atoms with E-state index < -0.39 is 11.9 Å². The molecule has 2 aromatic carbocycles. The third kappa shape index (κ3) is 3.41. The average molecular weight is 449 g/mol. The molecule has 1 amide bonds.